The van der Waals surface area contributed by atoms with Gasteiger partial charge in [-0.05, 0) is 38.5 Å². The van der Waals surface area contributed by atoms with Gasteiger partial charge in [0.2, 0.25) is 5.82 Å². The van der Waals surface area contributed by atoms with Crippen LogP contribution in [-0.4, -0.2) is 39.7 Å². The van der Waals surface area contributed by atoms with E-state index in [1.165, 1.54) is 12.3 Å². The summed E-state index contributed by atoms with van der Waals surface area (Å²) < 4.78 is 11.2. The summed E-state index contributed by atoms with van der Waals surface area (Å²) in [6, 6.07) is 6.78. The van der Waals surface area contributed by atoms with Gasteiger partial charge in [0.15, 0.2) is 0 Å². The molecule has 0 atom stereocenters. The molecule has 1 amide bonds. The van der Waals surface area contributed by atoms with Crippen molar-refractivity contribution in [3.8, 4) is 16.9 Å². The summed E-state index contributed by atoms with van der Waals surface area (Å²) in [5.74, 6) is 0.524. The zero-order valence-electron chi connectivity index (χ0n) is 16.0. The quantitative estimate of drug-likeness (QED) is 0.620. The number of aromatic nitrogens is 1. The Morgan fingerprint density at radius 1 is 1.32 bits per heavy atom. The largest absolute Gasteiger partial charge is 0.491 e. The molecular formula is C19H22N4O5. The summed E-state index contributed by atoms with van der Waals surface area (Å²) in [7, 11) is 0. The number of amides is 1. The molecule has 0 bridgehead atoms. The summed E-state index contributed by atoms with van der Waals surface area (Å²) in [5.41, 5.74) is 6.77. The van der Waals surface area contributed by atoms with Crippen molar-refractivity contribution in [3.05, 3.63) is 46.1 Å². The highest BCUT2D eigenvalue weighted by atomic mass is 16.6. The molecule has 0 aliphatic carbocycles. The van der Waals surface area contributed by atoms with E-state index >= 15 is 0 Å². The van der Waals surface area contributed by atoms with Crippen LogP contribution in [0.3, 0.4) is 0 Å². The molecule has 0 saturated heterocycles. The fraction of sp³-hybridized carbons (Fsp3) is 0.368. The van der Waals surface area contributed by atoms with Crippen LogP contribution in [0.5, 0.6) is 5.75 Å². The number of nitrogens with two attached hydrogens (primary N) is 1. The first kappa shape index (κ1) is 19.4. The molecule has 9 nitrogen and oxygen atoms in total. The third kappa shape index (κ3) is 4.30. The molecule has 0 spiro atoms. The van der Waals surface area contributed by atoms with Crippen LogP contribution in [0.15, 0.2) is 30.5 Å². The molecule has 0 radical (unpaired) electrons. The summed E-state index contributed by atoms with van der Waals surface area (Å²) >= 11 is 0. The van der Waals surface area contributed by atoms with Crippen LogP contribution in [0.25, 0.3) is 11.1 Å². The Balaban J connectivity index is 1.91. The number of nitrogen functional groups attached to an aromatic ring is 1. The van der Waals surface area contributed by atoms with E-state index in [4.69, 9.17) is 15.2 Å². The summed E-state index contributed by atoms with van der Waals surface area (Å²) in [5, 5.41) is 11.1. The second-order valence-corrected chi connectivity index (χ2v) is 7.46. The highest BCUT2D eigenvalue weighted by Gasteiger charge is 2.25. The Morgan fingerprint density at radius 2 is 2.07 bits per heavy atom. The van der Waals surface area contributed by atoms with Gasteiger partial charge in [-0.2, -0.15) is 0 Å². The van der Waals surface area contributed by atoms with Gasteiger partial charge in [-0.3, -0.25) is 10.1 Å². The van der Waals surface area contributed by atoms with E-state index in [0.717, 1.165) is 5.56 Å². The molecule has 1 aromatic carbocycles. The molecule has 2 heterocycles. The minimum Gasteiger partial charge on any atom is -0.491 e. The summed E-state index contributed by atoms with van der Waals surface area (Å²) in [4.78, 5) is 28.5. The van der Waals surface area contributed by atoms with E-state index in [0.29, 0.717) is 36.6 Å². The molecule has 1 aliphatic heterocycles. The topological polar surface area (TPSA) is 121 Å². The van der Waals surface area contributed by atoms with Gasteiger partial charge in [0.05, 0.1) is 18.0 Å². The van der Waals surface area contributed by atoms with Crippen molar-refractivity contribution >= 4 is 17.6 Å². The molecule has 0 unspecified atom stereocenters. The minimum absolute atomic E-state index is 0.136. The third-order valence-electron chi connectivity index (χ3n) is 4.12. The third-order valence-corrected chi connectivity index (χ3v) is 4.12. The lowest BCUT2D eigenvalue weighted by molar-refractivity contribution is -0.384. The van der Waals surface area contributed by atoms with Crippen molar-refractivity contribution in [1.82, 2.24) is 9.88 Å². The van der Waals surface area contributed by atoms with Crippen molar-refractivity contribution in [3.63, 3.8) is 0 Å². The first-order valence-electron chi connectivity index (χ1n) is 8.78. The smallest absolute Gasteiger partial charge is 0.410 e. The van der Waals surface area contributed by atoms with Gasteiger partial charge >= 0.3 is 11.8 Å². The Bertz CT molecular complexity index is 923. The monoisotopic (exact) mass is 386 g/mol. The maximum atomic E-state index is 12.4. The predicted octanol–water partition coefficient (Wildman–Crippen LogP) is 3.37. The Kier molecular flexibility index (Phi) is 5.08. The number of carbonyl (C=O) groups excluding carboxylic acids is 1. The maximum Gasteiger partial charge on any atom is 0.410 e. The van der Waals surface area contributed by atoms with Crippen molar-refractivity contribution in [2.75, 3.05) is 18.9 Å². The lowest BCUT2D eigenvalue weighted by atomic mass is 10.0. The minimum atomic E-state index is -0.594. The SMILES string of the molecule is CC(C)(C)OC(=O)N1CCOc2ccc(-c3cnc(N)c([N+](=O)[O-])c3)cc2C1. The van der Waals surface area contributed by atoms with Crippen LogP contribution < -0.4 is 10.5 Å². The number of rotatable bonds is 2. The van der Waals surface area contributed by atoms with E-state index in [2.05, 4.69) is 4.98 Å². The number of pyridine rings is 1. The van der Waals surface area contributed by atoms with Gasteiger partial charge in [-0.1, -0.05) is 6.07 Å². The van der Waals surface area contributed by atoms with Gasteiger partial charge in [0.25, 0.3) is 0 Å². The second-order valence-electron chi connectivity index (χ2n) is 7.46. The van der Waals surface area contributed by atoms with E-state index in [1.54, 1.807) is 17.0 Å². The number of benzene rings is 1. The lowest BCUT2D eigenvalue weighted by Crippen LogP contribution is -2.37. The van der Waals surface area contributed by atoms with Crippen molar-refractivity contribution in [1.29, 1.82) is 0 Å². The van der Waals surface area contributed by atoms with Gasteiger partial charge < -0.3 is 20.1 Å². The second kappa shape index (κ2) is 7.34. The van der Waals surface area contributed by atoms with Crippen LogP contribution in [0, 0.1) is 10.1 Å². The van der Waals surface area contributed by atoms with Crippen LogP contribution in [0.2, 0.25) is 0 Å². The molecule has 1 aromatic heterocycles. The van der Waals surface area contributed by atoms with E-state index in [-0.39, 0.29) is 11.5 Å². The zero-order valence-corrected chi connectivity index (χ0v) is 16.0. The Hall–Kier alpha value is -3.36. The number of nitro groups is 1. The van der Waals surface area contributed by atoms with Crippen molar-refractivity contribution in [2.45, 2.75) is 32.9 Å². The first-order chi connectivity index (χ1) is 13.1. The number of fused-ring (bicyclic) bond motifs is 1. The summed E-state index contributed by atoms with van der Waals surface area (Å²) in [6.45, 7) is 6.49. The van der Waals surface area contributed by atoms with Crippen molar-refractivity contribution in [2.24, 2.45) is 0 Å². The molecule has 3 rings (SSSR count). The van der Waals surface area contributed by atoms with Crippen LogP contribution in [0.4, 0.5) is 16.3 Å². The normalized spacial score (nSPS) is 13.9. The number of hydrogen-bond acceptors (Lipinski definition) is 7. The summed E-state index contributed by atoms with van der Waals surface area (Å²) in [6.07, 6.45) is 1.06. The van der Waals surface area contributed by atoms with Gasteiger partial charge in [0, 0.05) is 23.4 Å². The van der Waals surface area contributed by atoms with Gasteiger partial charge in [0.1, 0.15) is 18.0 Å². The van der Waals surface area contributed by atoms with Crippen LogP contribution in [0.1, 0.15) is 26.3 Å². The number of ether oxygens (including phenoxy) is 2. The number of carbonyl (C=O) groups is 1. The number of anilines is 1. The molecule has 2 aromatic rings. The van der Waals surface area contributed by atoms with Gasteiger partial charge in [-0.25, -0.2) is 9.78 Å². The van der Waals surface area contributed by atoms with Crippen LogP contribution >= 0.6 is 0 Å². The Labute approximate surface area is 162 Å². The van der Waals surface area contributed by atoms with E-state index < -0.39 is 16.6 Å². The molecule has 0 fully saturated rings. The number of nitrogens with zero attached hydrogens (tertiary/aromatic N) is 3. The molecule has 0 saturated carbocycles. The van der Waals surface area contributed by atoms with E-state index in [9.17, 15) is 14.9 Å². The van der Waals surface area contributed by atoms with Crippen LogP contribution in [-0.2, 0) is 11.3 Å². The average Bonchev–Trinajstić information content (AvgIpc) is 2.82. The fourth-order valence-corrected chi connectivity index (χ4v) is 2.82. The predicted molar refractivity (Wildman–Crippen MR) is 103 cm³/mol. The lowest BCUT2D eigenvalue weighted by Gasteiger charge is -2.26. The molecular weight excluding hydrogens is 364 g/mol. The molecule has 148 valence electrons. The zero-order chi connectivity index (χ0) is 20.5. The van der Waals surface area contributed by atoms with Crippen molar-refractivity contribution < 1.29 is 19.2 Å². The molecule has 2 N–H and O–H groups in total. The van der Waals surface area contributed by atoms with E-state index in [1.807, 2.05) is 26.8 Å². The standard InChI is InChI=1S/C19H22N4O5/c1-19(2,3)28-18(24)22-6-7-27-16-5-4-12(8-14(16)11-22)13-9-15(23(25)26)17(20)21-10-13/h4-5,8-10H,6-7,11H2,1-3H3,(H2,20,21). The maximum absolute atomic E-state index is 12.4. The molecule has 28 heavy (non-hydrogen) atoms. The molecule has 9 heteroatoms. The fourth-order valence-electron chi connectivity index (χ4n) is 2.82. The Morgan fingerprint density at radius 3 is 2.75 bits per heavy atom. The first-order valence-corrected chi connectivity index (χ1v) is 8.78. The number of hydrogen-bond donors (Lipinski definition) is 1. The molecule has 1 aliphatic rings. The highest BCUT2D eigenvalue weighted by molar-refractivity contribution is 5.71. The average molecular weight is 386 g/mol. The van der Waals surface area contributed by atoms with Gasteiger partial charge in [-0.15, -0.1) is 0 Å². The highest BCUT2D eigenvalue weighted by Crippen LogP contribution is 2.32.